The molecule has 0 aromatic carbocycles. The number of likely N-dealkylation sites (N-methyl/N-ethyl adjacent to an activating group) is 1. The van der Waals surface area contributed by atoms with Crippen molar-refractivity contribution >= 4 is 5.91 Å². The van der Waals surface area contributed by atoms with Gasteiger partial charge in [-0.15, -0.1) is 0 Å². The second-order valence-corrected chi connectivity index (χ2v) is 10.8. The smallest absolute Gasteiger partial charge is 0.219 e. The number of hydrogen-bond acceptors (Lipinski definition) is 3. The number of nitrogens with one attached hydrogen (secondary N) is 1. The molecule has 0 fully saturated rings. The molecule has 0 spiro atoms. The predicted octanol–water partition coefficient (Wildman–Crippen LogP) is 8.02. The van der Waals surface area contributed by atoms with Crippen LogP contribution in [0.4, 0.5) is 0 Å². The van der Waals surface area contributed by atoms with Gasteiger partial charge in [-0.2, -0.15) is 0 Å². The van der Waals surface area contributed by atoms with Crippen LogP contribution in [-0.2, 0) is 4.79 Å². The third-order valence-corrected chi connectivity index (χ3v) is 7.22. The molecule has 1 amide bonds. The van der Waals surface area contributed by atoms with Crippen molar-refractivity contribution in [1.82, 2.24) is 10.2 Å². The minimum absolute atomic E-state index is 0.215. The second-order valence-electron chi connectivity index (χ2n) is 10.8. The minimum atomic E-state index is -0.215. The van der Waals surface area contributed by atoms with Crippen LogP contribution in [0.3, 0.4) is 0 Å². The van der Waals surface area contributed by atoms with E-state index in [9.17, 15) is 9.90 Å². The van der Waals surface area contributed by atoms with Crippen molar-refractivity contribution in [3.05, 3.63) is 0 Å². The van der Waals surface area contributed by atoms with Crippen LogP contribution in [0.25, 0.3) is 0 Å². The van der Waals surface area contributed by atoms with E-state index in [0.29, 0.717) is 6.42 Å². The van der Waals surface area contributed by atoms with Gasteiger partial charge in [0.2, 0.25) is 5.91 Å². The van der Waals surface area contributed by atoms with Crippen LogP contribution in [0.1, 0.15) is 155 Å². The molecular formula is C30H62N2O2. The van der Waals surface area contributed by atoms with E-state index < -0.39 is 0 Å². The number of carbonyl (C=O) groups excluding carboxylic acids is 1. The lowest BCUT2D eigenvalue weighted by Crippen LogP contribution is -2.39. The summed E-state index contributed by atoms with van der Waals surface area (Å²) in [7, 11) is 4.20. The zero-order valence-corrected chi connectivity index (χ0v) is 23.7. The lowest BCUT2D eigenvalue weighted by atomic mass is 9.97. The highest BCUT2D eigenvalue weighted by Gasteiger charge is 2.20. The van der Waals surface area contributed by atoms with Crippen molar-refractivity contribution < 1.29 is 9.90 Å². The van der Waals surface area contributed by atoms with Gasteiger partial charge in [0.05, 0.1) is 6.10 Å². The Bertz CT molecular complexity index is 428. The van der Waals surface area contributed by atoms with Crippen molar-refractivity contribution in [3.8, 4) is 0 Å². The maximum absolute atomic E-state index is 12.0. The first-order valence-corrected chi connectivity index (χ1v) is 15.1. The topological polar surface area (TPSA) is 52.6 Å². The standard InChI is InChI=1S/C30H62N2O2/c1-5-7-9-11-13-14-19-23-27-31-30(34)26-22-18-15-17-21-25-29(33)28(32(3)4)24-20-16-12-10-8-6-2/h28-29,33H,5-27H2,1-4H3,(H,31,34). The summed E-state index contributed by atoms with van der Waals surface area (Å²) >= 11 is 0. The van der Waals surface area contributed by atoms with Crippen molar-refractivity contribution in [2.75, 3.05) is 20.6 Å². The quantitative estimate of drug-likeness (QED) is 0.123. The maximum Gasteiger partial charge on any atom is 0.219 e. The summed E-state index contributed by atoms with van der Waals surface area (Å²) in [6.45, 7) is 5.36. The fourth-order valence-electron chi connectivity index (χ4n) is 4.87. The third-order valence-electron chi connectivity index (χ3n) is 7.22. The summed E-state index contributed by atoms with van der Waals surface area (Å²) in [5, 5.41) is 13.8. The van der Waals surface area contributed by atoms with Gasteiger partial charge in [0.15, 0.2) is 0 Å². The van der Waals surface area contributed by atoms with Crippen molar-refractivity contribution in [2.45, 2.75) is 167 Å². The summed E-state index contributed by atoms with van der Waals surface area (Å²) in [6, 6.07) is 0.288. The van der Waals surface area contributed by atoms with Crippen LogP contribution in [0.15, 0.2) is 0 Å². The highest BCUT2D eigenvalue weighted by Crippen LogP contribution is 2.18. The third kappa shape index (κ3) is 21.9. The SMILES string of the molecule is CCCCCCCCCCNC(=O)CCCCCCCC(O)C(CCCCCCCC)N(C)C. The van der Waals surface area contributed by atoms with Crippen LogP contribution < -0.4 is 5.32 Å². The Morgan fingerprint density at radius 2 is 1.09 bits per heavy atom. The molecule has 0 aliphatic carbocycles. The van der Waals surface area contributed by atoms with Gasteiger partial charge in [0, 0.05) is 19.0 Å². The van der Waals surface area contributed by atoms with E-state index >= 15 is 0 Å². The van der Waals surface area contributed by atoms with Crippen molar-refractivity contribution in [3.63, 3.8) is 0 Å². The summed E-state index contributed by atoms with van der Waals surface area (Å²) in [5.74, 6) is 0.224. The molecule has 2 unspecified atom stereocenters. The fraction of sp³-hybridized carbons (Fsp3) is 0.967. The molecule has 2 atom stereocenters. The largest absolute Gasteiger partial charge is 0.391 e. The first-order chi connectivity index (χ1) is 16.5. The van der Waals surface area contributed by atoms with E-state index in [-0.39, 0.29) is 18.1 Å². The van der Waals surface area contributed by atoms with E-state index in [0.717, 1.165) is 51.5 Å². The Balaban J connectivity index is 3.60. The van der Waals surface area contributed by atoms with E-state index in [2.05, 4.69) is 38.2 Å². The highest BCUT2D eigenvalue weighted by molar-refractivity contribution is 5.75. The predicted molar refractivity (Wildman–Crippen MR) is 149 cm³/mol. The lowest BCUT2D eigenvalue weighted by Gasteiger charge is -2.29. The molecule has 0 aromatic heterocycles. The van der Waals surface area contributed by atoms with Gasteiger partial charge < -0.3 is 15.3 Å². The van der Waals surface area contributed by atoms with Crippen LogP contribution in [0, 0.1) is 0 Å². The summed E-state index contributed by atoms with van der Waals surface area (Å²) in [6.07, 6.45) is 26.3. The molecule has 0 aliphatic rings. The normalized spacial score (nSPS) is 13.4. The number of hydrogen-bond donors (Lipinski definition) is 2. The van der Waals surface area contributed by atoms with E-state index in [1.807, 2.05) is 0 Å². The maximum atomic E-state index is 12.0. The summed E-state index contributed by atoms with van der Waals surface area (Å²) < 4.78 is 0. The molecule has 4 nitrogen and oxygen atoms in total. The van der Waals surface area contributed by atoms with Gasteiger partial charge >= 0.3 is 0 Å². The molecule has 4 heteroatoms. The average Bonchev–Trinajstić information content (AvgIpc) is 2.81. The van der Waals surface area contributed by atoms with Crippen molar-refractivity contribution in [1.29, 1.82) is 0 Å². The Kier molecular flexibility index (Phi) is 25.0. The van der Waals surface area contributed by atoms with Gasteiger partial charge in [0.25, 0.3) is 0 Å². The molecule has 2 N–H and O–H groups in total. The van der Waals surface area contributed by atoms with Crippen LogP contribution in [0.5, 0.6) is 0 Å². The van der Waals surface area contributed by atoms with Crippen LogP contribution in [-0.4, -0.2) is 48.7 Å². The molecule has 0 heterocycles. The molecular weight excluding hydrogens is 420 g/mol. The summed E-state index contributed by atoms with van der Waals surface area (Å²) in [5.41, 5.74) is 0. The average molecular weight is 483 g/mol. The number of aliphatic hydroxyl groups excluding tert-OH is 1. The van der Waals surface area contributed by atoms with Gasteiger partial charge in [0.1, 0.15) is 0 Å². The molecule has 0 aromatic rings. The number of carbonyl (C=O) groups is 1. The van der Waals surface area contributed by atoms with Crippen LogP contribution >= 0.6 is 0 Å². The number of unbranched alkanes of at least 4 members (excludes halogenated alkanes) is 16. The van der Waals surface area contributed by atoms with Gasteiger partial charge in [-0.3, -0.25) is 4.79 Å². The van der Waals surface area contributed by atoms with E-state index in [1.165, 1.54) is 89.9 Å². The Hall–Kier alpha value is -0.610. The monoisotopic (exact) mass is 482 g/mol. The molecule has 0 radical (unpaired) electrons. The molecule has 0 saturated carbocycles. The minimum Gasteiger partial charge on any atom is -0.391 e. The Labute approximate surface area is 214 Å². The van der Waals surface area contributed by atoms with Crippen LogP contribution in [0.2, 0.25) is 0 Å². The zero-order chi connectivity index (χ0) is 25.3. The number of nitrogens with zero attached hydrogens (tertiary/aromatic N) is 1. The zero-order valence-electron chi connectivity index (χ0n) is 23.7. The fourth-order valence-corrected chi connectivity index (χ4v) is 4.87. The molecule has 204 valence electrons. The van der Waals surface area contributed by atoms with E-state index in [4.69, 9.17) is 0 Å². The number of amides is 1. The van der Waals surface area contributed by atoms with Gasteiger partial charge in [-0.1, -0.05) is 123 Å². The number of rotatable bonds is 26. The molecule has 34 heavy (non-hydrogen) atoms. The summed E-state index contributed by atoms with van der Waals surface area (Å²) in [4.78, 5) is 14.2. The lowest BCUT2D eigenvalue weighted by molar-refractivity contribution is -0.121. The molecule has 0 rings (SSSR count). The molecule has 0 saturated heterocycles. The molecule has 0 bridgehead atoms. The first-order valence-electron chi connectivity index (χ1n) is 15.1. The Morgan fingerprint density at radius 1 is 0.647 bits per heavy atom. The van der Waals surface area contributed by atoms with Crippen molar-refractivity contribution in [2.24, 2.45) is 0 Å². The number of aliphatic hydroxyl groups is 1. The van der Waals surface area contributed by atoms with Gasteiger partial charge in [-0.05, 0) is 39.8 Å². The van der Waals surface area contributed by atoms with E-state index in [1.54, 1.807) is 0 Å². The highest BCUT2D eigenvalue weighted by atomic mass is 16.3. The second kappa shape index (κ2) is 25.5. The Morgan fingerprint density at radius 3 is 1.62 bits per heavy atom. The van der Waals surface area contributed by atoms with Gasteiger partial charge in [-0.25, -0.2) is 0 Å². The molecule has 0 aliphatic heterocycles. The first kappa shape index (κ1) is 33.4.